The average molecular weight is 494 g/mol. The summed E-state index contributed by atoms with van der Waals surface area (Å²) in [6, 6.07) is 14.8. The van der Waals surface area contributed by atoms with Gasteiger partial charge in [0.25, 0.3) is 0 Å². The highest BCUT2D eigenvalue weighted by molar-refractivity contribution is 7.99. The lowest BCUT2D eigenvalue weighted by Gasteiger charge is -2.32. The number of nitrogens with one attached hydrogen (secondary N) is 1. The van der Waals surface area contributed by atoms with E-state index in [1.165, 1.54) is 0 Å². The number of hydrogen-bond acceptors (Lipinski definition) is 3. The van der Waals surface area contributed by atoms with E-state index in [2.05, 4.69) is 5.32 Å². The standard InChI is InChI=1S/C25H30Cl2N2O2S/c1-2-23(25(31)28-20-8-4-5-9-20)29(17-18-7-3-6-10-22(18)27)24(30)15-16-32-21-13-11-19(26)12-14-21/h3,6-7,10-14,20,23H,2,4-5,8-9,15-17H2,1H3,(H,28,31)/t23-/m1/s1. The Morgan fingerprint density at radius 1 is 1.09 bits per heavy atom. The largest absolute Gasteiger partial charge is 0.352 e. The van der Waals surface area contributed by atoms with Gasteiger partial charge in [-0.1, -0.05) is 61.2 Å². The van der Waals surface area contributed by atoms with Crippen LogP contribution in [0.2, 0.25) is 10.0 Å². The summed E-state index contributed by atoms with van der Waals surface area (Å²) in [5.74, 6) is 0.519. The fourth-order valence-electron chi connectivity index (χ4n) is 4.03. The van der Waals surface area contributed by atoms with Gasteiger partial charge in [0.15, 0.2) is 0 Å². The fourth-order valence-corrected chi connectivity index (χ4v) is 5.19. The monoisotopic (exact) mass is 492 g/mol. The normalized spacial score (nSPS) is 14.8. The van der Waals surface area contributed by atoms with Gasteiger partial charge in [0, 0.05) is 39.7 Å². The van der Waals surface area contributed by atoms with Crippen LogP contribution in [0.4, 0.5) is 0 Å². The first-order valence-electron chi connectivity index (χ1n) is 11.2. The van der Waals surface area contributed by atoms with Crippen molar-refractivity contribution in [2.75, 3.05) is 5.75 Å². The number of halogens is 2. The second kappa shape index (κ2) is 12.5. The van der Waals surface area contributed by atoms with E-state index >= 15 is 0 Å². The van der Waals surface area contributed by atoms with Gasteiger partial charge in [0.2, 0.25) is 11.8 Å². The first kappa shape index (κ1) is 24.9. The molecule has 1 N–H and O–H groups in total. The molecule has 1 aliphatic carbocycles. The highest BCUT2D eigenvalue weighted by Gasteiger charge is 2.30. The van der Waals surface area contributed by atoms with Gasteiger partial charge in [-0.05, 0) is 55.2 Å². The molecule has 0 heterocycles. The van der Waals surface area contributed by atoms with Crippen LogP contribution in [0, 0.1) is 0 Å². The van der Waals surface area contributed by atoms with Gasteiger partial charge in [0.05, 0.1) is 0 Å². The first-order valence-corrected chi connectivity index (χ1v) is 12.9. The molecule has 32 heavy (non-hydrogen) atoms. The Morgan fingerprint density at radius 3 is 2.44 bits per heavy atom. The molecule has 1 fully saturated rings. The van der Waals surface area contributed by atoms with Crippen molar-refractivity contribution < 1.29 is 9.59 Å². The molecule has 0 spiro atoms. The second-order valence-corrected chi connectivity index (χ2v) is 10.1. The van der Waals surface area contributed by atoms with E-state index in [9.17, 15) is 9.59 Å². The third-order valence-electron chi connectivity index (χ3n) is 5.78. The zero-order valence-corrected chi connectivity index (χ0v) is 20.7. The van der Waals surface area contributed by atoms with E-state index in [-0.39, 0.29) is 17.9 Å². The predicted octanol–water partition coefficient (Wildman–Crippen LogP) is 6.34. The van der Waals surface area contributed by atoms with Gasteiger partial charge in [-0.2, -0.15) is 0 Å². The molecule has 0 bridgehead atoms. The molecule has 1 aliphatic rings. The Bertz CT molecular complexity index is 901. The topological polar surface area (TPSA) is 49.4 Å². The van der Waals surface area contributed by atoms with Crippen molar-refractivity contribution in [3.8, 4) is 0 Å². The zero-order chi connectivity index (χ0) is 22.9. The van der Waals surface area contributed by atoms with Crippen molar-refractivity contribution in [3.05, 3.63) is 64.1 Å². The molecule has 2 aromatic rings. The van der Waals surface area contributed by atoms with Crippen molar-refractivity contribution >= 4 is 46.8 Å². The maximum Gasteiger partial charge on any atom is 0.243 e. The van der Waals surface area contributed by atoms with Crippen molar-refractivity contribution in [1.29, 1.82) is 0 Å². The smallest absolute Gasteiger partial charge is 0.243 e. The van der Waals surface area contributed by atoms with Gasteiger partial charge >= 0.3 is 0 Å². The summed E-state index contributed by atoms with van der Waals surface area (Å²) in [5.41, 5.74) is 0.847. The molecular formula is C25H30Cl2N2O2S. The summed E-state index contributed by atoms with van der Waals surface area (Å²) < 4.78 is 0. The lowest BCUT2D eigenvalue weighted by Crippen LogP contribution is -2.51. The van der Waals surface area contributed by atoms with Gasteiger partial charge in [-0.15, -0.1) is 11.8 Å². The Hall–Kier alpha value is -1.69. The van der Waals surface area contributed by atoms with E-state index in [0.29, 0.717) is 35.2 Å². The molecule has 1 saturated carbocycles. The van der Waals surface area contributed by atoms with E-state index in [1.807, 2.05) is 55.5 Å². The maximum absolute atomic E-state index is 13.3. The first-order chi connectivity index (χ1) is 15.5. The number of hydrogen-bond donors (Lipinski definition) is 1. The quantitative estimate of drug-likeness (QED) is 0.393. The minimum atomic E-state index is -0.514. The summed E-state index contributed by atoms with van der Waals surface area (Å²) in [4.78, 5) is 29.2. The number of carbonyl (C=O) groups excluding carboxylic acids is 2. The lowest BCUT2D eigenvalue weighted by molar-refractivity contribution is -0.141. The minimum Gasteiger partial charge on any atom is -0.352 e. The van der Waals surface area contributed by atoms with Crippen LogP contribution < -0.4 is 5.32 Å². The number of rotatable bonds is 10. The maximum atomic E-state index is 13.3. The molecule has 7 heteroatoms. The van der Waals surface area contributed by atoms with Crippen LogP contribution in [0.3, 0.4) is 0 Å². The van der Waals surface area contributed by atoms with Crippen LogP contribution in [0.5, 0.6) is 0 Å². The van der Waals surface area contributed by atoms with E-state index in [0.717, 1.165) is 36.1 Å². The number of nitrogens with zero attached hydrogens (tertiary/aromatic N) is 1. The highest BCUT2D eigenvalue weighted by atomic mass is 35.5. The molecule has 1 atom stereocenters. The molecule has 0 unspecified atom stereocenters. The van der Waals surface area contributed by atoms with Crippen LogP contribution in [-0.4, -0.2) is 34.6 Å². The van der Waals surface area contributed by atoms with Crippen molar-refractivity contribution in [1.82, 2.24) is 10.2 Å². The lowest BCUT2D eigenvalue weighted by atomic mass is 10.1. The Morgan fingerprint density at radius 2 is 1.78 bits per heavy atom. The van der Waals surface area contributed by atoms with Gasteiger partial charge in [-0.3, -0.25) is 9.59 Å². The number of thioether (sulfide) groups is 1. The molecular weight excluding hydrogens is 463 g/mol. The van der Waals surface area contributed by atoms with Gasteiger partial charge < -0.3 is 10.2 Å². The third-order valence-corrected chi connectivity index (χ3v) is 7.42. The summed E-state index contributed by atoms with van der Waals surface area (Å²) >= 11 is 13.9. The SMILES string of the molecule is CC[C@H](C(=O)NC1CCCC1)N(Cc1ccccc1Cl)C(=O)CCSc1ccc(Cl)cc1. The van der Waals surface area contributed by atoms with Crippen LogP contribution in [0.1, 0.15) is 51.0 Å². The van der Waals surface area contributed by atoms with E-state index in [1.54, 1.807) is 16.7 Å². The fraction of sp³-hybridized carbons (Fsp3) is 0.440. The molecule has 0 aliphatic heterocycles. The van der Waals surface area contributed by atoms with E-state index in [4.69, 9.17) is 23.2 Å². The van der Waals surface area contributed by atoms with E-state index < -0.39 is 6.04 Å². The number of benzene rings is 2. The Balaban J connectivity index is 1.70. The minimum absolute atomic E-state index is 0.0418. The predicted molar refractivity (Wildman–Crippen MR) is 133 cm³/mol. The summed E-state index contributed by atoms with van der Waals surface area (Å²) in [6.07, 6.45) is 5.21. The van der Waals surface area contributed by atoms with Crippen LogP contribution >= 0.6 is 35.0 Å². The van der Waals surface area contributed by atoms with Gasteiger partial charge in [-0.25, -0.2) is 0 Å². The molecule has 172 valence electrons. The number of carbonyl (C=O) groups is 2. The third kappa shape index (κ3) is 7.16. The molecule has 2 aromatic carbocycles. The molecule has 3 rings (SSSR count). The van der Waals surface area contributed by atoms with Gasteiger partial charge in [0.1, 0.15) is 6.04 Å². The van der Waals surface area contributed by atoms with Crippen LogP contribution in [-0.2, 0) is 16.1 Å². The van der Waals surface area contributed by atoms with Crippen molar-refractivity contribution in [2.24, 2.45) is 0 Å². The Labute approximate surface area is 205 Å². The molecule has 0 saturated heterocycles. The molecule has 2 amide bonds. The average Bonchev–Trinajstić information content (AvgIpc) is 3.29. The molecule has 4 nitrogen and oxygen atoms in total. The van der Waals surface area contributed by atoms with Crippen LogP contribution in [0.25, 0.3) is 0 Å². The second-order valence-electron chi connectivity index (χ2n) is 8.08. The van der Waals surface area contributed by atoms with Crippen molar-refractivity contribution in [3.63, 3.8) is 0 Å². The molecule has 0 aromatic heterocycles. The number of amides is 2. The summed E-state index contributed by atoms with van der Waals surface area (Å²) in [6.45, 7) is 2.27. The molecule has 0 radical (unpaired) electrons. The van der Waals surface area contributed by atoms with Crippen molar-refractivity contribution in [2.45, 2.75) is 69.0 Å². The summed E-state index contributed by atoms with van der Waals surface area (Å²) in [5, 5.41) is 4.46. The Kier molecular flexibility index (Phi) is 9.76. The van der Waals surface area contributed by atoms with Crippen LogP contribution in [0.15, 0.2) is 53.4 Å². The highest BCUT2D eigenvalue weighted by Crippen LogP contribution is 2.24. The summed E-state index contributed by atoms with van der Waals surface area (Å²) in [7, 11) is 0. The zero-order valence-electron chi connectivity index (χ0n) is 18.4.